The summed E-state index contributed by atoms with van der Waals surface area (Å²) >= 11 is 0. The molecule has 0 radical (unpaired) electrons. The van der Waals surface area contributed by atoms with Crippen molar-refractivity contribution in [2.75, 3.05) is 18.1 Å². The Morgan fingerprint density at radius 3 is 2.67 bits per heavy atom. The van der Waals surface area contributed by atoms with Crippen LogP contribution in [-0.4, -0.2) is 22.9 Å². The van der Waals surface area contributed by atoms with Crippen molar-refractivity contribution in [2.24, 2.45) is 0 Å². The minimum Gasteiger partial charge on any atom is -0.464 e. The third-order valence-electron chi connectivity index (χ3n) is 2.74. The molecule has 1 atom stereocenters. The van der Waals surface area contributed by atoms with Crippen molar-refractivity contribution < 1.29 is 14.6 Å². The Morgan fingerprint density at radius 1 is 1.28 bits per heavy atom. The molecule has 18 heavy (non-hydrogen) atoms. The minimum atomic E-state index is -0.857. The second kappa shape index (κ2) is 5.12. The number of benzene rings is 1. The van der Waals surface area contributed by atoms with Crippen molar-refractivity contribution in [3.63, 3.8) is 0 Å². The van der Waals surface area contributed by atoms with E-state index in [1.54, 1.807) is 30.5 Å². The molecule has 6 N–H and O–H groups in total. The Kier molecular flexibility index (Phi) is 3.55. The number of rotatable bonds is 4. The summed E-state index contributed by atoms with van der Waals surface area (Å²) in [4.78, 5) is 0. The van der Waals surface area contributed by atoms with Gasteiger partial charge in [0.15, 0.2) is 0 Å². The fourth-order valence-corrected chi connectivity index (χ4v) is 1.90. The first kappa shape index (κ1) is 12.5. The van der Waals surface area contributed by atoms with Gasteiger partial charge in [-0.25, -0.2) is 0 Å². The first-order valence-corrected chi connectivity index (χ1v) is 5.62. The first-order chi connectivity index (χ1) is 8.61. The van der Waals surface area contributed by atoms with Gasteiger partial charge >= 0.3 is 0 Å². The van der Waals surface area contributed by atoms with Crippen molar-refractivity contribution in [3.05, 3.63) is 36.1 Å². The van der Waals surface area contributed by atoms with E-state index >= 15 is 0 Å². The average molecular weight is 248 g/mol. The van der Waals surface area contributed by atoms with Crippen molar-refractivity contribution in [1.82, 2.24) is 0 Å². The number of aliphatic hydroxyl groups excluding tert-OH is 2. The van der Waals surface area contributed by atoms with Crippen LogP contribution in [0.15, 0.2) is 34.9 Å². The van der Waals surface area contributed by atoms with Gasteiger partial charge in [-0.1, -0.05) is 0 Å². The van der Waals surface area contributed by atoms with E-state index in [-0.39, 0.29) is 13.0 Å². The lowest BCUT2D eigenvalue weighted by molar-refractivity contribution is 0.0957. The molecule has 5 heteroatoms. The molecule has 0 aliphatic carbocycles. The van der Waals surface area contributed by atoms with Gasteiger partial charge < -0.3 is 26.1 Å². The van der Waals surface area contributed by atoms with Crippen LogP contribution in [0, 0.1) is 0 Å². The molecule has 2 aromatic rings. The molecule has 0 saturated carbocycles. The quantitative estimate of drug-likeness (QED) is 0.604. The Balaban J connectivity index is 2.49. The Morgan fingerprint density at radius 2 is 2.06 bits per heavy atom. The van der Waals surface area contributed by atoms with Crippen molar-refractivity contribution >= 4 is 11.4 Å². The summed E-state index contributed by atoms with van der Waals surface area (Å²) in [7, 11) is 0. The fraction of sp³-hybridized carbons (Fsp3) is 0.231. The maximum absolute atomic E-state index is 9.56. The summed E-state index contributed by atoms with van der Waals surface area (Å²) in [5.41, 5.74) is 14.2. The Labute approximate surface area is 105 Å². The van der Waals surface area contributed by atoms with E-state index in [9.17, 15) is 5.11 Å². The molecule has 0 amide bonds. The summed E-state index contributed by atoms with van der Waals surface area (Å²) in [5, 5.41) is 18.5. The topological polar surface area (TPSA) is 106 Å². The van der Waals surface area contributed by atoms with Crippen LogP contribution in [0.5, 0.6) is 0 Å². The summed E-state index contributed by atoms with van der Waals surface area (Å²) in [6.07, 6.45) is 0.948. The summed E-state index contributed by atoms with van der Waals surface area (Å²) < 4.78 is 5.33. The smallest absolute Gasteiger partial charge is 0.134 e. The van der Waals surface area contributed by atoms with E-state index in [2.05, 4.69) is 0 Å². The molecular formula is C13H16N2O3. The van der Waals surface area contributed by atoms with Crippen molar-refractivity contribution in [2.45, 2.75) is 12.5 Å². The van der Waals surface area contributed by atoms with Crippen LogP contribution < -0.4 is 11.5 Å². The third-order valence-corrected chi connectivity index (χ3v) is 2.74. The lowest BCUT2D eigenvalue weighted by Gasteiger charge is -2.14. The number of anilines is 2. The summed E-state index contributed by atoms with van der Waals surface area (Å²) in [6, 6.07) is 6.94. The fourth-order valence-electron chi connectivity index (χ4n) is 1.90. The van der Waals surface area contributed by atoms with Gasteiger partial charge in [0.05, 0.1) is 19.0 Å². The van der Waals surface area contributed by atoms with E-state index < -0.39 is 6.10 Å². The van der Waals surface area contributed by atoms with E-state index in [0.29, 0.717) is 17.1 Å². The van der Waals surface area contributed by atoms with Crippen molar-refractivity contribution in [1.29, 1.82) is 0 Å². The number of hydrogen-bond acceptors (Lipinski definition) is 5. The molecule has 1 aromatic heterocycles. The number of furan rings is 1. The van der Waals surface area contributed by atoms with Gasteiger partial charge in [-0.2, -0.15) is 0 Å². The van der Waals surface area contributed by atoms with Crippen LogP contribution in [0.1, 0.15) is 5.56 Å². The Bertz CT molecular complexity index is 523. The Hall–Kier alpha value is -1.98. The van der Waals surface area contributed by atoms with Crippen LogP contribution in [0.4, 0.5) is 11.4 Å². The standard InChI is InChI=1S/C13H16N2O3/c14-8-4-11(13-2-1-3-18-13)10(12(15)5-8)6-9(17)7-16/h1-5,9,16-17H,6-7,14-15H2. The number of hydrogen-bond donors (Lipinski definition) is 4. The van der Waals surface area contributed by atoms with Gasteiger partial charge in [0.2, 0.25) is 0 Å². The predicted molar refractivity (Wildman–Crippen MR) is 69.8 cm³/mol. The monoisotopic (exact) mass is 248 g/mol. The van der Waals surface area contributed by atoms with E-state index in [1.165, 1.54) is 0 Å². The van der Waals surface area contributed by atoms with Gasteiger partial charge in [0, 0.05) is 23.4 Å². The molecular weight excluding hydrogens is 232 g/mol. The van der Waals surface area contributed by atoms with Gasteiger partial charge in [0.1, 0.15) is 5.76 Å². The highest BCUT2D eigenvalue weighted by Crippen LogP contribution is 2.31. The molecule has 2 rings (SSSR count). The van der Waals surface area contributed by atoms with E-state index in [1.807, 2.05) is 0 Å². The third kappa shape index (κ3) is 2.47. The number of aliphatic hydroxyl groups is 2. The highest BCUT2D eigenvalue weighted by Gasteiger charge is 2.15. The summed E-state index contributed by atoms with van der Waals surface area (Å²) in [5.74, 6) is 0.633. The highest BCUT2D eigenvalue weighted by atomic mass is 16.3. The predicted octanol–water partition coefficient (Wildman–Crippen LogP) is 1.01. The first-order valence-electron chi connectivity index (χ1n) is 5.62. The van der Waals surface area contributed by atoms with Gasteiger partial charge in [-0.05, 0) is 29.8 Å². The largest absolute Gasteiger partial charge is 0.464 e. The molecule has 1 heterocycles. The van der Waals surface area contributed by atoms with Crippen LogP contribution in [0.25, 0.3) is 11.3 Å². The molecule has 96 valence electrons. The van der Waals surface area contributed by atoms with Gasteiger partial charge in [0.25, 0.3) is 0 Å². The zero-order valence-corrected chi connectivity index (χ0v) is 9.84. The normalized spacial score (nSPS) is 12.6. The van der Waals surface area contributed by atoms with Crippen molar-refractivity contribution in [3.8, 4) is 11.3 Å². The minimum absolute atomic E-state index is 0.249. The second-order valence-corrected chi connectivity index (χ2v) is 4.15. The molecule has 0 aliphatic heterocycles. The molecule has 0 spiro atoms. The molecule has 1 aromatic carbocycles. The zero-order chi connectivity index (χ0) is 13.1. The SMILES string of the molecule is Nc1cc(N)c(CC(O)CO)c(-c2ccco2)c1. The summed E-state index contributed by atoms with van der Waals surface area (Å²) in [6.45, 7) is -0.318. The van der Waals surface area contributed by atoms with Crippen LogP contribution >= 0.6 is 0 Å². The van der Waals surface area contributed by atoms with E-state index in [4.69, 9.17) is 21.0 Å². The molecule has 0 aliphatic rings. The lowest BCUT2D eigenvalue weighted by Crippen LogP contribution is -2.17. The molecule has 0 bridgehead atoms. The molecule has 0 saturated heterocycles. The average Bonchev–Trinajstić information content (AvgIpc) is 2.85. The molecule has 5 nitrogen and oxygen atoms in total. The second-order valence-electron chi connectivity index (χ2n) is 4.15. The van der Waals surface area contributed by atoms with Crippen LogP contribution in [-0.2, 0) is 6.42 Å². The zero-order valence-electron chi connectivity index (χ0n) is 9.84. The van der Waals surface area contributed by atoms with Crippen LogP contribution in [0.2, 0.25) is 0 Å². The van der Waals surface area contributed by atoms with Gasteiger partial charge in [-0.3, -0.25) is 0 Å². The van der Waals surface area contributed by atoms with E-state index in [0.717, 1.165) is 11.1 Å². The van der Waals surface area contributed by atoms with Gasteiger partial charge in [-0.15, -0.1) is 0 Å². The number of nitrogens with two attached hydrogens (primary N) is 2. The lowest BCUT2D eigenvalue weighted by atomic mass is 9.97. The maximum atomic E-state index is 9.56. The highest BCUT2D eigenvalue weighted by molar-refractivity contribution is 5.75. The molecule has 1 unspecified atom stereocenters. The maximum Gasteiger partial charge on any atom is 0.134 e. The van der Waals surface area contributed by atoms with Crippen LogP contribution in [0.3, 0.4) is 0 Å². The number of nitrogen functional groups attached to an aromatic ring is 2. The molecule has 0 fully saturated rings.